The molecule has 4 nitrogen and oxygen atoms in total. The summed E-state index contributed by atoms with van der Waals surface area (Å²) in [5, 5.41) is 0. The molecule has 6 rings (SSSR count). The van der Waals surface area contributed by atoms with Crippen molar-refractivity contribution in [2.24, 2.45) is 10.8 Å². The van der Waals surface area contributed by atoms with Crippen molar-refractivity contribution >= 4 is 11.4 Å². The van der Waals surface area contributed by atoms with Crippen LogP contribution in [0.5, 0.6) is 0 Å². The van der Waals surface area contributed by atoms with Crippen LogP contribution in [0, 0.1) is 46.2 Å². The third kappa shape index (κ3) is 13.3. The van der Waals surface area contributed by atoms with Crippen LogP contribution in [0.4, 0.5) is 28.9 Å². The van der Waals surface area contributed by atoms with E-state index in [9.17, 15) is 17.6 Å². The second-order valence-corrected chi connectivity index (χ2v) is 11.9. The van der Waals surface area contributed by atoms with Crippen molar-refractivity contribution in [2.45, 2.75) is 13.8 Å². The SMILES string of the molecule is C=CCOCC1(C)CN(c2ccc(F)[c-]c2F)C1.C=CCOCC1(C)CN(c2ccc(F)[c-]c2F)C1.[Ti+4].c1cc[cH-]c1.c1cc[cH-]c1. The van der Waals surface area contributed by atoms with E-state index in [1.807, 2.05) is 82.6 Å². The fourth-order valence-electron chi connectivity index (χ4n) is 5.05. The number of hydrogen-bond acceptors (Lipinski definition) is 4. The molecule has 47 heavy (non-hydrogen) atoms. The first-order valence-corrected chi connectivity index (χ1v) is 15.0. The van der Waals surface area contributed by atoms with Crippen LogP contribution in [0.3, 0.4) is 0 Å². The van der Waals surface area contributed by atoms with Crippen LogP contribution in [0.25, 0.3) is 0 Å². The summed E-state index contributed by atoms with van der Waals surface area (Å²) in [6, 6.07) is 29.4. The van der Waals surface area contributed by atoms with Gasteiger partial charge in [0.05, 0.1) is 26.4 Å². The van der Waals surface area contributed by atoms with E-state index in [4.69, 9.17) is 9.47 Å². The number of ether oxygens (including phenoxy) is 2. The van der Waals surface area contributed by atoms with Gasteiger partial charge in [-0.15, -0.1) is 49.6 Å². The fourth-order valence-corrected chi connectivity index (χ4v) is 5.05. The van der Waals surface area contributed by atoms with Gasteiger partial charge in [-0.25, -0.2) is 41.8 Å². The maximum Gasteiger partial charge on any atom is 4.00 e. The maximum absolute atomic E-state index is 13.5. The fraction of sp³-hybridized carbons (Fsp3) is 0.316. The molecule has 0 bridgehead atoms. The molecule has 0 amide bonds. The molecule has 0 aliphatic carbocycles. The molecule has 4 aromatic rings. The van der Waals surface area contributed by atoms with Gasteiger partial charge in [-0.3, -0.25) is 0 Å². The summed E-state index contributed by atoms with van der Waals surface area (Å²) in [6.45, 7) is 16.4. The van der Waals surface area contributed by atoms with Crippen LogP contribution in [0.15, 0.2) is 110 Å². The first kappa shape index (κ1) is 39.8. The molecule has 2 saturated heterocycles. The summed E-state index contributed by atoms with van der Waals surface area (Å²) in [7, 11) is 0. The van der Waals surface area contributed by atoms with Crippen molar-refractivity contribution in [3.63, 3.8) is 0 Å². The molecular weight excluding hydrogens is 640 g/mol. The molecule has 2 aliphatic heterocycles. The zero-order valence-corrected chi connectivity index (χ0v) is 28.6. The van der Waals surface area contributed by atoms with E-state index in [1.165, 1.54) is 24.3 Å². The minimum absolute atomic E-state index is 0. The Bertz CT molecular complexity index is 1290. The second-order valence-electron chi connectivity index (χ2n) is 11.9. The Morgan fingerprint density at radius 1 is 0.681 bits per heavy atom. The summed E-state index contributed by atoms with van der Waals surface area (Å²) in [4.78, 5) is 3.73. The van der Waals surface area contributed by atoms with Crippen LogP contribution in [-0.4, -0.2) is 52.6 Å². The number of rotatable bonds is 10. The molecule has 0 radical (unpaired) electrons. The molecule has 0 N–H and O–H groups in total. The van der Waals surface area contributed by atoms with Gasteiger partial charge in [0, 0.05) is 60.3 Å². The Morgan fingerprint density at radius 2 is 1.02 bits per heavy atom. The average Bonchev–Trinajstić information content (AvgIpc) is 3.76. The van der Waals surface area contributed by atoms with E-state index >= 15 is 0 Å². The van der Waals surface area contributed by atoms with E-state index < -0.39 is 23.3 Å². The Kier molecular flexibility index (Phi) is 17.0. The average molecular weight is 683 g/mol. The molecule has 0 atom stereocenters. The van der Waals surface area contributed by atoms with Crippen LogP contribution in [0.1, 0.15) is 13.8 Å². The summed E-state index contributed by atoms with van der Waals surface area (Å²) >= 11 is 0. The first-order valence-electron chi connectivity index (χ1n) is 15.0. The van der Waals surface area contributed by atoms with Crippen LogP contribution in [0.2, 0.25) is 0 Å². The Labute approximate surface area is 291 Å². The smallest absolute Gasteiger partial charge is 0.420 e. The number of anilines is 2. The monoisotopic (exact) mass is 682 g/mol. The van der Waals surface area contributed by atoms with Gasteiger partial charge in [-0.2, -0.15) is 36.4 Å². The van der Waals surface area contributed by atoms with Gasteiger partial charge in [0.2, 0.25) is 0 Å². The van der Waals surface area contributed by atoms with Crippen molar-refractivity contribution in [3.8, 4) is 0 Å². The minimum atomic E-state index is -0.672. The van der Waals surface area contributed by atoms with Crippen molar-refractivity contribution in [2.75, 3.05) is 62.4 Å². The summed E-state index contributed by atoms with van der Waals surface area (Å²) in [5.74, 6) is -2.61. The number of hydrogen-bond donors (Lipinski definition) is 0. The molecule has 2 fully saturated rings. The maximum atomic E-state index is 13.5. The molecule has 9 heteroatoms. The van der Waals surface area contributed by atoms with Crippen LogP contribution in [-0.2, 0) is 31.2 Å². The summed E-state index contributed by atoms with van der Waals surface area (Å²) < 4.78 is 63.3. The third-order valence-corrected chi connectivity index (χ3v) is 7.14. The van der Waals surface area contributed by atoms with E-state index in [0.29, 0.717) is 64.0 Å². The van der Waals surface area contributed by atoms with E-state index in [-0.39, 0.29) is 32.5 Å². The number of nitrogens with zero attached hydrogens (tertiary/aromatic N) is 2. The predicted octanol–water partition coefficient (Wildman–Crippen LogP) is 8.40. The van der Waals surface area contributed by atoms with E-state index in [0.717, 1.165) is 0 Å². The van der Waals surface area contributed by atoms with Gasteiger partial charge in [0.15, 0.2) is 0 Å². The van der Waals surface area contributed by atoms with E-state index in [1.54, 1.807) is 12.2 Å². The van der Waals surface area contributed by atoms with Gasteiger partial charge < -0.3 is 19.3 Å². The largest absolute Gasteiger partial charge is 4.00 e. The minimum Gasteiger partial charge on any atom is -0.420 e. The molecular formula is C38H42F4N2O2Ti. The van der Waals surface area contributed by atoms with Gasteiger partial charge in [0.1, 0.15) is 0 Å². The first-order chi connectivity index (χ1) is 22.1. The van der Waals surface area contributed by atoms with Gasteiger partial charge >= 0.3 is 21.7 Å². The molecule has 0 unspecified atom stereocenters. The van der Waals surface area contributed by atoms with Crippen molar-refractivity contribution in [3.05, 3.63) is 146 Å². The van der Waals surface area contributed by atoms with Gasteiger partial charge in [-0.05, 0) is 11.4 Å². The molecule has 0 saturated carbocycles. The van der Waals surface area contributed by atoms with Gasteiger partial charge in [-0.1, -0.05) is 26.0 Å². The Hall–Kier alpha value is -3.43. The Morgan fingerprint density at radius 3 is 1.28 bits per heavy atom. The second kappa shape index (κ2) is 20.1. The zero-order chi connectivity index (χ0) is 33.4. The normalized spacial score (nSPS) is 15.0. The molecule has 2 heterocycles. The molecule has 2 aliphatic rings. The van der Waals surface area contributed by atoms with E-state index in [2.05, 4.69) is 27.0 Å². The molecule has 0 aromatic heterocycles. The molecule has 248 valence electrons. The summed E-state index contributed by atoms with van der Waals surface area (Å²) in [5.41, 5.74) is 0.836. The Balaban J connectivity index is 0.000000248. The predicted molar refractivity (Wildman–Crippen MR) is 177 cm³/mol. The zero-order valence-electron chi connectivity index (χ0n) is 27.0. The third-order valence-electron chi connectivity index (χ3n) is 7.14. The van der Waals surface area contributed by atoms with Crippen LogP contribution >= 0.6 is 0 Å². The number of benzene rings is 2. The van der Waals surface area contributed by atoms with Crippen molar-refractivity contribution in [1.82, 2.24) is 0 Å². The molecule has 4 aromatic carbocycles. The topological polar surface area (TPSA) is 24.9 Å². The van der Waals surface area contributed by atoms with Gasteiger partial charge in [0.25, 0.3) is 0 Å². The quantitative estimate of drug-likeness (QED) is 0.0552. The van der Waals surface area contributed by atoms with Crippen molar-refractivity contribution in [1.29, 1.82) is 0 Å². The van der Waals surface area contributed by atoms with Crippen LogP contribution < -0.4 is 9.80 Å². The summed E-state index contributed by atoms with van der Waals surface area (Å²) in [6.07, 6.45) is 3.41. The van der Waals surface area contributed by atoms with Crippen molar-refractivity contribution < 1.29 is 48.8 Å². The standard InChI is InChI=1S/2C14H16F2NO.2C5H5.Ti/c2*1-3-6-18-10-14(2)8-17(9-14)13-5-4-11(15)7-12(13)16;2*1-2-4-5-3-1;/h2*3-5H,1,6,8-10H2,2H3;2*1-5H;/q4*-1;+4. The molecule has 0 spiro atoms. The number of halogens is 4.